The maximum absolute atomic E-state index is 13.1. The van der Waals surface area contributed by atoms with Crippen LogP contribution in [0.4, 0.5) is 0 Å². The fraction of sp³-hybridized carbons (Fsp3) is 0.952. The van der Waals surface area contributed by atoms with Gasteiger partial charge in [0.2, 0.25) is 0 Å². The first-order valence-corrected chi connectivity index (χ1v) is 45.7. The van der Waals surface area contributed by atoms with Crippen LogP contribution in [0.1, 0.15) is 428 Å². The maximum atomic E-state index is 13.1. The second-order valence-corrected chi connectivity index (χ2v) is 34.4. The number of ether oxygens (including phenoxy) is 4. The van der Waals surface area contributed by atoms with Gasteiger partial charge in [-0.1, -0.05) is 376 Å². The van der Waals surface area contributed by atoms with Crippen molar-refractivity contribution in [3.8, 4) is 0 Å². The maximum Gasteiger partial charge on any atom is 0.472 e. The van der Waals surface area contributed by atoms with Gasteiger partial charge < -0.3 is 33.8 Å². The molecule has 0 aliphatic heterocycles. The van der Waals surface area contributed by atoms with Crippen molar-refractivity contribution in [2.45, 2.75) is 446 Å². The normalized spacial score (nSPS) is 14.3. The van der Waals surface area contributed by atoms with Crippen LogP contribution in [-0.2, 0) is 65.4 Å². The number of hydrogen-bond acceptors (Lipinski definition) is 15. The van der Waals surface area contributed by atoms with E-state index in [9.17, 15) is 43.2 Å². The average molecular weight is 1490 g/mol. The number of rotatable bonds is 80. The van der Waals surface area contributed by atoms with Crippen molar-refractivity contribution in [2.24, 2.45) is 23.7 Å². The lowest BCUT2D eigenvalue weighted by atomic mass is 10.00. The number of unbranched alkanes of at least 4 members (excludes halogenated alkanes) is 45. The summed E-state index contributed by atoms with van der Waals surface area (Å²) in [6, 6.07) is 0. The zero-order chi connectivity index (χ0) is 75.3. The summed E-state index contributed by atoms with van der Waals surface area (Å²) in [7, 11) is -9.92. The highest BCUT2D eigenvalue weighted by Crippen LogP contribution is 2.45. The Morgan fingerprint density at radius 3 is 0.696 bits per heavy atom. The highest BCUT2D eigenvalue weighted by atomic mass is 31.2. The summed E-state index contributed by atoms with van der Waals surface area (Å²) in [5.74, 6) is 0.985. The van der Waals surface area contributed by atoms with Crippen LogP contribution in [0.15, 0.2) is 0 Å². The molecular weight excluding hydrogens is 1330 g/mol. The molecule has 0 aromatic heterocycles. The van der Waals surface area contributed by atoms with E-state index in [2.05, 4.69) is 55.4 Å². The number of carbonyl (C=O) groups excluding carboxylic acids is 4. The van der Waals surface area contributed by atoms with Gasteiger partial charge in [0.25, 0.3) is 0 Å². The molecule has 3 N–H and O–H groups in total. The average Bonchev–Trinajstić information content (AvgIpc) is 0.917. The van der Waals surface area contributed by atoms with E-state index in [1.807, 2.05) is 0 Å². The number of esters is 4. The predicted molar refractivity (Wildman–Crippen MR) is 418 cm³/mol. The third-order valence-corrected chi connectivity index (χ3v) is 21.6. The highest BCUT2D eigenvalue weighted by molar-refractivity contribution is 7.47. The fourth-order valence-corrected chi connectivity index (χ4v) is 14.3. The topological polar surface area (TPSA) is 237 Å². The van der Waals surface area contributed by atoms with Crippen LogP contribution in [0.25, 0.3) is 0 Å². The Hall–Kier alpha value is -1.94. The molecule has 19 heteroatoms. The van der Waals surface area contributed by atoms with Gasteiger partial charge in [-0.15, -0.1) is 0 Å². The highest BCUT2D eigenvalue weighted by Gasteiger charge is 2.30. The first-order chi connectivity index (χ1) is 49.1. The molecule has 3 unspecified atom stereocenters. The number of aliphatic hydroxyl groups excluding tert-OH is 1. The summed E-state index contributed by atoms with van der Waals surface area (Å²) in [6.07, 6.45) is 59.9. The molecule has 0 rings (SSSR count). The van der Waals surface area contributed by atoms with E-state index in [1.54, 1.807) is 0 Å². The minimum atomic E-state index is -4.96. The van der Waals surface area contributed by atoms with Crippen LogP contribution < -0.4 is 0 Å². The van der Waals surface area contributed by atoms with E-state index in [0.717, 1.165) is 120 Å². The number of phosphoric acid groups is 2. The van der Waals surface area contributed by atoms with Gasteiger partial charge in [-0.25, -0.2) is 9.13 Å². The van der Waals surface area contributed by atoms with Crippen LogP contribution >= 0.6 is 15.6 Å². The van der Waals surface area contributed by atoms with Crippen LogP contribution in [-0.4, -0.2) is 96.7 Å². The SMILES string of the molecule is CCC(C)CCCCCCCCC(=O)OC[C@H](COP(=O)(O)OC[C@H](O)COP(=O)(O)OC[C@@H](COC(=O)CCCCCCCCCCCCCCCCCCCCC(C)C)OC(=O)CCCCCCCCCCCC(C)C)OC(=O)CCCCCCCCCCCCCCCCCCC(C)C. The Kier molecular flexibility index (Phi) is 70.6. The van der Waals surface area contributed by atoms with Crippen LogP contribution in [0.3, 0.4) is 0 Å². The molecule has 0 saturated carbocycles. The summed E-state index contributed by atoms with van der Waals surface area (Å²) < 4.78 is 68.7. The van der Waals surface area contributed by atoms with E-state index >= 15 is 0 Å². The zero-order valence-corrected chi connectivity index (χ0v) is 69.0. The Balaban J connectivity index is 5.17. The van der Waals surface area contributed by atoms with Crippen molar-refractivity contribution in [1.82, 2.24) is 0 Å². The summed E-state index contributed by atoms with van der Waals surface area (Å²) in [4.78, 5) is 73.0. The molecule has 102 heavy (non-hydrogen) atoms. The molecule has 0 aliphatic carbocycles. The number of aliphatic hydroxyl groups is 1. The van der Waals surface area contributed by atoms with E-state index in [0.29, 0.717) is 25.7 Å². The smallest absolute Gasteiger partial charge is 0.462 e. The van der Waals surface area contributed by atoms with Gasteiger partial charge in [-0.3, -0.25) is 37.3 Å². The van der Waals surface area contributed by atoms with Crippen LogP contribution in [0.5, 0.6) is 0 Å². The molecule has 0 aromatic rings. The number of carbonyl (C=O) groups is 4. The summed E-state index contributed by atoms with van der Waals surface area (Å²) >= 11 is 0. The first kappa shape index (κ1) is 100. The molecule has 0 aliphatic rings. The second kappa shape index (κ2) is 72.0. The molecule has 0 saturated heterocycles. The largest absolute Gasteiger partial charge is 0.472 e. The summed E-state index contributed by atoms with van der Waals surface area (Å²) in [5.41, 5.74) is 0. The van der Waals surface area contributed by atoms with Crippen molar-refractivity contribution >= 4 is 39.5 Å². The second-order valence-electron chi connectivity index (χ2n) is 31.5. The third-order valence-electron chi connectivity index (χ3n) is 19.7. The van der Waals surface area contributed by atoms with Crippen LogP contribution in [0.2, 0.25) is 0 Å². The Morgan fingerprint density at radius 2 is 0.471 bits per heavy atom. The Labute approximate surface area is 626 Å². The van der Waals surface area contributed by atoms with Crippen molar-refractivity contribution in [1.29, 1.82) is 0 Å². The van der Waals surface area contributed by atoms with Gasteiger partial charge in [0.1, 0.15) is 19.3 Å². The molecule has 0 fully saturated rings. The minimum Gasteiger partial charge on any atom is -0.462 e. The van der Waals surface area contributed by atoms with E-state index in [4.69, 9.17) is 37.0 Å². The van der Waals surface area contributed by atoms with Gasteiger partial charge in [-0.05, 0) is 49.4 Å². The molecule has 0 radical (unpaired) electrons. The molecular formula is C83H162O17P2. The van der Waals surface area contributed by atoms with E-state index in [-0.39, 0.29) is 25.7 Å². The standard InChI is InChI=1S/C83H162O17P2/c1-9-76(8)62-54-46-41-42-48-56-64-81(86)94-70-79(100-82(87)65-57-49-39-33-27-23-19-15-14-17-21-25-30-36-44-52-60-74(4)5)72-98-102(91,92)96-68-77(84)67-95-101(89,90)97-71-78(99-83(88)66-58-50-40-34-28-31-37-45-53-61-75(6)7)69-93-80(85)63-55-47-38-32-26-22-18-13-11-10-12-16-20-24-29-35-43-51-59-73(2)3/h73-79,84H,9-72H2,1-8H3,(H,89,90)(H,91,92)/t76?,77-,78-,79-/m1/s1. The lowest BCUT2D eigenvalue weighted by Gasteiger charge is -2.21. The van der Waals surface area contributed by atoms with Gasteiger partial charge in [-0.2, -0.15) is 0 Å². The van der Waals surface area contributed by atoms with Gasteiger partial charge in [0.15, 0.2) is 12.2 Å². The molecule has 0 spiro atoms. The number of hydrogen-bond donors (Lipinski definition) is 3. The molecule has 0 aromatic carbocycles. The van der Waals surface area contributed by atoms with Crippen molar-refractivity contribution in [3.05, 3.63) is 0 Å². The quantitative estimate of drug-likeness (QED) is 0.0222. The third kappa shape index (κ3) is 74.9. The number of phosphoric ester groups is 2. The monoisotopic (exact) mass is 1490 g/mol. The predicted octanol–water partition coefficient (Wildman–Crippen LogP) is 24.8. The Bertz CT molecular complexity index is 1990. The van der Waals surface area contributed by atoms with Crippen molar-refractivity contribution < 1.29 is 80.2 Å². The summed E-state index contributed by atoms with van der Waals surface area (Å²) in [6.45, 7) is 14.3. The molecule has 0 amide bonds. The molecule has 6 atom stereocenters. The fourth-order valence-electron chi connectivity index (χ4n) is 12.8. The van der Waals surface area contributed by atoms with Crippen molar-refractivity contribution in [3.63, 3.8) is 0 Å². The molecule has 606 valence electrons. The Morgan fingerprint density at radius 1 is 0.275 bits per heavy atom. The van der Waals surface area contributed by atoms with Crippen LogP contribution in [0, 0.1) is 23.7 Å². The lowest BCUT2D eigenvalue weighted by molar-refractivity contribution is -0.161. The zero-order valence-electron chi connectivity index (χ0n) is 67.2. The van der Waals surface area contributed by atoms with Crippen molar-refractivity contribution in [2.75, 3.05) is 39.6 Å². The molecule has 0 bridgehead atoms. The van der Waals surface area contributed by atoms with E-state index in [1.165, 1.54) is 225 Å². The first-order valence-electron chi connectivity index (χ1n) is 42.7. The van der Waals surface area contributed by atoms with E-state index < -0.39 is 97.5 Å². The lowest BCUT2D eigenvalue weighted by Crippen LogP contribution is -2.30. The molecule has 0 heterocycles. The molecule has 17 nitrogen and oxygen atoms in total. The van der Waals surface area contributed by atoms with Gasteiger partial charge >= 0.3 is 39.5 Å². The minimum absolute atomic E-state index is 0.105. The van der Waals surface area contributed by atoms with Gasteiger partial charge in [0.05, 0.1) is 26.4 Å². The summed E-state index contributed by atoms with van der Waals surface area (Å²) in [5, 5.41) is 10.6. The van der Waals surface area contributed by atoms with Gasteiger partial charge in [0, 0.05) is 25.7 Å².